The maximum absolute atomic E-state index is 14.9. The minimum atomic E-state index is -4.87. The topological polar surface area (TPSA) is 70.2 Å². The molecule has 1 aromatic carbocycles. The number of halogens is 6. The Morgan fingerprint density at radius 2 is 2.03 bits per heavy atom. The molecule has 3 aromatic rings. The molecule has 0 saturated carbocycles. The lowest BCUT2D eigenvalue weighted by molar-refractivity contribution is -0.138. The first kappa shape index (κ1) is 27.5. The van der Waals surface area contributed by atoms with Crippen molar-refractivity contribution in [3.05, 3.63) is 77.7 Å². The fourth-order valence-corrected chi connectivity index (χ4v) is 3.65. The number of nitrogens with zero attached hydrogens (tertiary/aromatic N) is 3. The second-order valence-corrected chi connectivity index (χ2v) is 7.62. The summed E-state index contributed by atoms with van der Waals surface area (Å²) in [5, 5.41) is 7.38. The van der Waals surface area contributed by atoms with Gasteiger partial charge in [-0.05, 0) is 37.1 Å². The smallest absolute Gasteiger partial charge is 0.349 e. The molecule has 2 aromatic heterocycles. The molecule has 0 fully saturated rings. The van der Waals surface area contributed by atoms with E-state index in [2.05, 4.69) is 16.8 Å². The van der Waals surface area contributed by atoms with Crippen LogP contribution in [-0.2, 0) is 17.1 Å². The van der Waals surface area contributed by atoms with Crippen LogP contribution in [0.25, 0.3) is 28.3 Å². The number of carbonyl (C=O) groups excluding carboxylic acids is 1. The zero-order chi connectivity index (χ0) is 27.5. The number of aryl methyl sites for hydroxylation is 1. The van der Waals surface area contributed by atoms with Crippen LogP contribution in [-0.4, -0.2) is 34.4 Å². The van der Waals surface area contributed by atoms with Crippen molar-refractivity contribution in [2.75, 3.05) is 7.11 Å². The summed E-state index contributed by atoms with van der Waals surface area (Å²) in [4.78, 5) is 12.7. The van der Waals surface area contributed by atoms with Gasteiger partial charge >= 0.3 is 18.3 Å². The van der Waals surface area contributed by atoms with E-state index >= 15 is 0 Å². The van der Waals surface area contributed by atoms with Gasteiger partial charge in [0.1, 0.15) is 28.6 Å². The zero-order valence-electron chi connectivity index (χ0n) is 19.9. The molecule has 0 radical (unpaired) electrons. The lowest BCUT2D eigenvalue weighted by atomic mass is 9.96. The quantitative estimate of drug-likeness (QED) is 0.172. The van der Waals surface area contributed by atoms with Crippen molar-refractivity contribution in [1.82, 2.24) is 14.9 Å². The highest BCUT2D eigenvalue weighted by Crippen LogP contribution is 2.44. The number of rotatable bonds is 9. The Morgan fingerprint density at radius 3 is 2.62 bits per heavy atom. The van der Waals surface area contributed by atoms with Crippen molar-refractivity contribution in [2.24, 2.45) is 0 Å². The van der Waals surface area contributed by atoms with Gasteiger partial charge in [0.25, 0.3) is 0 Å². The monoisotopic (exact) mass is 525 g/mol. The third-order valence-electron chi connectivity index (χ3n) is 5.31. The van der Waals surface area contributed by atoms with Crippen LogP contribution in [0.2, 0.25) is 0 Å². The number of ether oxygens (including phenoxy) is 1. The number of allylic oxidation sites excluding steroid dienone is 5. The van der Waals surface area contributed by atoms with Crippen molar-refractivity contribution >= 4 is 11.7 Å². The van der Waals surface area contributed by atoms with Crippen LogP contribution in [0.3, 0.4) is 0 Å². The Hall–Kier alpha value is -4.09. The second kappa shape index (κ2) is 10.9. The minimum Gasteiger partial charge on any atom is -0.465 e. The lowest BCUT2D eigenvalue weighted by Crippen LogP contribution is -2.28. The van der Waals surface area contributed by atoms with Crippen LogP contribution in [0.1, 0.15) is 35.5 Å². The maximum Gasteiger partial charge on any atom is 0.349 e. The van der Waals surface area contributed by atoms with E-state index in [9.17, 15) is 31.1 Å². The molecule has 0 saturated heterocycles. The lowest BCUT2D eigenvalue weighted by Gasteiger charge is -2.19. The third kappa shape index (κ3) is 5.09. The van der Waals surface area contributed by atoms with Crippen molar-refractivity contribution in [3.8, 4) is 22.6 Å². The Bertz CT molecular complexity index is 1390. The van der Waals surface area contributed by atoms with Crippen molar-refractivity contribution < 1.29 is 40.4 Å². The summed E-state index contributed by atoms with van der Waals surface area (Å²) in [6.45, 7) is 6.63. The number of carbonyl (C=O) groups is 1. The summed E-state index contributed by atoms with van der Waals surface area (Å²) in [5.41, 5.74) is -3.48. The number of alkyl halides is 4. The molecular formula is C25H21F6N3O3. The standard InChI is InChI=1S/C25H21F6N3O3/c1-5-8-15(26)11-13(3)34-22(25(30,31)24(28)29)16(12-32-34)21-19(23(35)36-4)20(33-37-21)18-14(6-2)9-7-10-17(18)27/h5,7-12,24H,3,6H2,1-2,4H3/b8-5-,15-11+. The first-order valence-corrected chi connectivity index (χ1v) is 10.8. The molecule has 0 spiro atoms. The average Bonchev–Trinajstić information content (AvgIpc) is 3.48. The van der Waals surface area contributed by atoms with Crippen LogP contribution in [0.5, 0.6) is 0 Å². The molecule has 0 aliphatic heterocycles. The summed E-state index contributed by atoms with van der Waals surface area (Å²) in [5.74, 6) is -8.46. The molecule has 196 valence electrons. The number of benzene rings is 1. The molecule has 12 heteroatoms. The van der Waals surface area contributed by atoms with Gasteiger partial charge in [0, 0.05) is 5.56 Å². The summed E-state index contributed by atoms with van der Waals surface area (Å²) in [7, 11) is 0.972. The minimum absolute atomic E-state index is 0.157. The van der Waals surface area contributed by atoms with E-state index in [1.165, 1.54) is 19.1 Å². The van der Waals surface area contributed by atoms with Gasteiger partial charge in [-0.2, -0.15) is 13.9 Å². The number of hydrogen-bond donors (Lipinski definition) is 0. The first-order chi connectivity index (χ1) is 17.5. The highest BCUT2D eigenvalue weighted by atomic mass is 19.3. The van der Waals surface area contributed by atoms with Crippen molar-refractivity contribution in [3.63, 3.8) is 0 Å². The van der Waals surface area contributed by atoms with Gasteiger partial charge in [0.05, 0.1) is 24.6 Å². The van der Waals surface area contributed by atoms with Crippen LogP contribution in [0.15, 0.2) is 59.6 Å². The number of methoxy groups -OCH3 is 1. The Morgan fingerprint density at radius 1 is 1.32 bits per heavy atom. The van der Waals surface area contributed by atoms with Crippen molar-refractivity contribution in [1.29, 1.82) is 0 Å². The van der Waals surface area contributed by atoms with Gasteiger partial charge in [-0.1, -0.05) is 36.9 Å². The molecule has 0 aliphatic rings. The predicted molar refractivity (Wildman–Crippen MR) is 123 cm³/mol. The fraction of sp³-hybridized carbons (Fsp3) is 0.240. The Kier molecular flexibility index (Phi) is 8.09. The highest BCUT2D eigenvalue weighted by molar-refractivity contribution is 6.02. The molecule has 0 bridgehead atoms. The molecule has 3 rings (SSSR count). The van der Waals surface area contributed by atoms with E-state index in [1.807, 2.05) is 0 Å². The normalized spacial score (nSPS) is 12.5. The number of aromatic nitrogens is 3. The molecule has 0 N–H and O–H groups in total. The molecule has 0 aliphatic carbocycles. The molecule has 0 unspecified atom stereocenters. The van der Waals surface area contributed by atoms with E-state index < -0.39 is 58.2 Å². The van der Waals surface area contributed by atoms with Crippen molar-refractivity contribution in [2.45, 2.75) is 32.6 Å². The fourth-order valence-electron chi connectivity index (χ4n) is 3.65. The van der Waals surface area contributed by atoms with E-state index in [0.29, 0.717) is 28.9 Å². The van der Waals surface area contributed by atoms with Gasteiger partial charge in [0.2, 0.25) is 0 Å². The Labute approximate surface area is 207 Å². The van der Waals surface area contributed by atoms with E-state index in [0.717, 1.165) is 19.3 Å². The molecular weight excluding hydrogens is 504 g/mol. The zero-order valence-corrected chi connectivity index (χ0v) is 19.9. The van der Waals surface area contributed by atoms with E-state index in [1.54, 1.807) is 13.0 Å². The maximum atomic E-state index is 14.9. The van der Waals surface area contributed by atoms with Gasteiger partial charge in [-0.25, -0.2) is 27.0 Å². The Balaban J connectivity index is 2.37. The van der Waals surface area contributed by atoms with Gasteiger partial charge in [-0.15, -0.1) is 0 Å². The van der Waals surface area contributed by atoms with Gasteiger partial charge in [0.15, 0.2) is 5.76 Å². The third-order valence-corrected chi connectivity index (χ3v) is 5.31. The molecule has 37 heavy (non-hydrogen) atoms. The first-order valence-electron chi connectivity index (χ1n) is 10.8. The van der Waals surface area contributed by atoms with Crippen LogP contribution >= 0.6 is 0 Å². The average molecular weight is 525 g/mol. The molecule has 2 heterocycles. The van der Waals surface area contributed by atoms with Crippen LogP contribution in [0.4, 0.5) is 26.3 Å². The predicted octanol–water partition coefficient (Wildman–Crippen LogP) is 6.95. The summed E-state index contributed by atoms with van der Waals surface area (Å²) < 4.78 is 95.8. The second-order valence-electron chi connectivity index (χ2n) is 7.62. The molecule has 6 nitrogen and oxygen atoms in total. The van der Waals surface area contributed by atoms with Gasteiger partial charge in [-0.3, -0.25) is 0 Å². The van der Waals surface area contributed by atoms with Crippen LogP contribution < -0.4 is 0 Å². The number of esters is 1. The summed E-state index contributed by atoms with van der Waals surface area (Å²) in [6.07, 6.45) is -0.237. The molecule has 0 atom stereocenters. The molecule has 0 amide bonds. The van der Waals surface area contributed by atoms with Crippen LogP contribution in [0, 0.1) is 5.82 Å². The largest absolute Gasteiger partial charge is 0.465 e. The SMILES string of the molecule is C=C(/C=C(F)\C=C/C)n1ncc(-c2onc(-c3c(F)cccc3CC)c2C(=O)OC)c1C(F)(F)C(F)F. The summed E-state index contributed by atoms with van der Waals surface area (Å²) >= 11 is 0. The van der Waals surface area contributed by atoms with E-state index in [-0.39, 0.29) is 11.3 Å². The van der Waals surface area contributed by atoms with Gasteiger partial charge < -0.3 is 9.26 Å². The number of hydrogen-bond acceptors (Lipinski definition) is 5. The van der Waals surface area contributed by atoms with E-state index in [4.69, 9.17) is 9.26 Å². The summed E-state index contributed by atoms with van der Waals surface area (Å²) in [6, 6.07) is 4.07. The highest BCUT2D eigenvalue weighted by Gasteiger charge is 2.49.